The normalized spacial score (nSPS) is 10.9. The number of carbonyl (C=O) groups excluding carboxylic acids is 1. The van der Waals surface area contributed by atoms with Crippen molar-refractivity contribution in [3.05, 3.63) is 54.0 Å². The minimum atomic E-state index is -0.283. The lowest BCUT2D eigenvalue weighted by Gasteiger charge is -2.05. The van der Waals surface area contributed by atoms with Gasteiger partial charge in [-0.05, 0) is 30.5 Å². The van der Waals surface area contributed by atoms with E-state index in [1.807, 2.05) is 43.8 Å². The summed E-state index contributed by atoms with van der Waals surface area (Å²) in [4.78, 5) is 15.2. The molecule has 0 spiro atoms. The number of hydrogen-bond donors (Lipinski definition) is 1. The van der Waals surface area contributed by atoms with Crippen LogP contribution in [-0.4, -0.2) is 27.3 Å². The Morgan fingerprint density at radius 1 is 1.38 bits per heavy atom. The van der Waals surface area contributed by atoms with Crippen molar-refractivity contribution in [1.29, 1.82) is 0 Å². The third-order valence-electron chi connectivity index (χ3n) is 3.41. The van der Waals surface area contributed by atoms with Gasteiger partial charge in [-0.25, -0.2) is 4.79 Å². The highest BCUT2D eigenvalue weighted by Gasteiger charge is 2.11. The fraction of sp³-hybridized carbons (Fsp3) is 0.250. The molecule has 1 N–H and O–H groups in total. The van der Waals surface area contributed by atoms with Gasteiger partial charge in [-0.3, -0.25) is 4.68 Å². The Balaban J connectivity index is 1.56. The molecule has 0 bridgehead atoms. The van der Waals surface area contributed by atoms with Crippen LogP contribution in [0.25, 0.3) is 10.9 Å². The van der Waals surface area contributed by atoms with Crippen molar-refractivity contribution in [3.63, 3.8) is 0 Å². The zero-order valence-electron chi connectivity index (χ0n) is 11.9. The molecule has 0 saturated carbocycles. The van der Waals surface area contributed by atoms with Gasteiger partial charge in [0.25, 0.3) is 0 Å². The summed E-state index contributed by atoms with van der Waals surface area (Å²) in [6.07, 6.45) is 7.28. The molecule has 0 fully saturated rings. The first-order valence-corrected chi connectivity index (χ1v) is 6.95. The van der Waals surface area contributed by atoms with Crippen LogP contribution in [-0.2, 0) is 18.2 Å². The molecule has 3 rings (SSSR count). The predicted molar refractivity (Wildman–Crippen MR) is 80.1 cm³/mol. The Kier molecular flexibility index (Phi) is 3.73. The minimum Gasteiger partial charge on any atom is -0.462 e. The van der Waals surface area contributed by atoms with Crippen LogP contribution in [0.5, 0.6) is 0 Å². The van der Waals surface area contributed by atoms with Gasteiger partial charge in [0, 0.05) is 24.8 Å². The quantitative estimate of drug-likeness (QED) is 0.578. The smallest absolute Gasteiger partial charge is 0.340 e. The van der Waals surface area contributed by atoms with Gasteiger partial charge in [0.1, 0.15) is 0 Å². The molecular formula is C16H17N3O2. The zero-order valence-corrected chi connectivity index (χ0v) is 11.9. The number of hydrogen-bond acceptors (Lipinski definition) is 3. The van der Waals surface area contributed by atoms with Gasteiger partial charge in [0.15, 0.2) is 0 Å². The lowest BCUT2D eigenvalue weighted by Crippen LogP contribution is -2.07. The molecule has 0 saturated heterocycles. The molecule has 0 amide bonds. The summed E-state index contributed by atoms with van der Waals surface area (Å²) in [6, 6.07) is 7.55. The molecule has 2 aromatic heterocycles. The van der Waals surface area contributed by atoms with Gasteiger partial charge in [-0.15, -0.1) is 0 Å². The number of nitrogens with zero attached hydrogens (tertiary/aromatic N) is 2. The van der Waals surface area contributed by atoms with Crippen LogP contribution < -0.4 is 0 Å². The van der Waals surface area contributed by atoms with Gasteiger partial charge in [-0.2, -0.15) is 5.10 Å². The first-order valence-electron chi connectivity index (χ1n) is 6.95. The van der Waals surface area contributed by atoms with Gasteiger partial charge in [-0.1, -0.05) is 12.1 Å². The van der Waals surface area contributed by atoms with Crippen molar-refractivity contribution < 1.29 is 9.53 Å². The van der Waals surface area contributed by atoms with Crippen LogP contribution in [0, 0.1) is 0 Å². The summed E-state index contributed by atoms with van der Waals surface area (Å²) in [5, 5.41) is 5.12. The van der Waals surface area contributed by atoms with Crippen molar-refractivity contribution >= 4 is 16.9 Å². The van der Waals surface area contributed by atoms with E-state index >= 15 is 0 Å². The topological polar surface area (TPSA) is 59.9 Å². The van der Waals surface area contributed by atoms with E-state index in [1.54, 1.807) is 10.7 Å². The maximum absolute atomic E-state index is 12.1. The second-order valence-electron chi connectivity index (χ2n) is 5.01. The first kappa shape index (κ1) is 13.4. The van der Waals surface area contributed by atoms with E-state index in [1.165, 1.54) is 0 Å². The Hall–Kier alpha value is -2.56. The number of carbonyl (C=O) groups is 1. The first-order chi connectivity index (χ1) is 10.2. The van der Waals surface area contributed by atoms with E-state index in [2.05, 4.69) is 10.1 Å². The number of H-pyrrole nitrogens is 1. The standard InChI is InChI=1S/C16H17N3O2/c1-19-11-12(10-18-19)4-3-9-21-16(20)14-6-2-5-13-7-8-17-15(13)14/h2,5-8,10-11,17H,3-4,9H2,1H3. The molecule has 1 aromatic carbocycles. The summed E-state index contributed by atoms with van der Waals surface area (Å²) >= 11 is 0. The minimum absolute atomic E-state index is 0.283. The Morgan fingerprint density at radius 3 is 3.10 bits per heavy atom. The van der Waals surface area contributed by atoms with Crippen LogP contribution in [0.3, 0.4) is 0 Å². The molecule has 2 heterocycles. The number of benzene rings is 1. The molecule has 0 radical (unpaired) electrons. The highest BCUT2D eigenvalue weighted by atomic mass is 16.5. The number of rotatable bonds is 5. The van der Waals surface area contributed by atoms with E-state index < -0.39 is 0 Å². The van der Waals surface area contributed by atoms with Crippen molar-refractivity contribution in [2.24, 2.45) is 7.05 Å². The highest BCUT2D eigenvalue weighted by Crippen LogP contribution is 2.17. The molecule has 0 atom stereocenters. The molecule has 21 heavy (non-hydrogen) atoms. The van der Waals surface area contributed by atoms with E-state index in [4.69, 9.17) is 4.74 Å². The second-order valence-corrected chi connectivity index (χ2v) is 5.01. The van der Waals surface area contributed by atoms with Crippen LogP contribution in [0.15, 0.2) is 42.9 Å². The number of fused-ring (bicyclic) bond motifs is 1. The van der Waals surface area contributed by atoms with E-state index in [-0.39, 0.29) is 5.97 Å². The molecule has 5 heteroatoms. The number of nitrogens with one attached hydrogen (secondary N) is 1. The fourth-order valence-corrected chi connectivity index (χ4v) is 2.37. The van der Waals surface area contributed by atoms with Crippen LogP contribution in [0.2, 0.25) is 0 Å². The third-order valence-corrected chi connectivity index (χ3v) is 3.41. The second kappa shape index (κ2) is 5.83. The summed E-state index contributed by atoms with van der Waals surface area (Å²) in [6.45, 7) is 0.408. The predicted octanol–water partition coefficient (Wildman–Crippen LogP) is 2.69. The monoisotopic (exact) mass is 283 g/mol. The Labute approximate surface area is 122 Å². The summed E-state index contributed by atoms with van der Waals surface area (Å²) < 4.78 is 7.12. The SMILES string of the molecule is Cn1cc(CCCOC(=O)c2cccc3cc[nH]c23)cn1. The molecule has 0 aliphatic carbocycles. The fourth-order valence-electron chi connectivity index (χ4n) is 2.37. The third kappa shape index (κ3) is 2.97. The maximum Gasteiger partial charge on any atom is 0.340 e. The molecule has 0 unspecified atom stereocenters. The largest absolute Gasteiger partial charge is 0.462 e. The number of aromatic amines is 1. The molecule has 3 aromatic rings. The van der Waals surface area contributed by atoms with Crippen molar-refractivity contribution in [3.8, 4) is 0 Å². The number of aryl methyl sites for hydroxylation is 2. The van der Waals surface area contributed by atoms with Crippen LogP contribution in [0.4, 0.5) is 0 Å². The van der Waals surface area contributed by atoms with E-state index in [9.17, 15) is 4.79 Å². The zero-order chi connectivity index (χ0) is 14.7. The van der Waals surface area contributed by atoms with E-state index in [0.717, 1.165) is 29.3 Å². The van der Waals surface area contributed by atoms with Crippen molar-refractivity contribution in [2.75, 3.05) is 6.61 Å². The number of esters is 1. The van der Waals surface area contributed by atoms with Crippen molar-refractivity contribution in [2.45, 2.75) is 12.8 Å². The van der Waals surface area contributed by atoms with Crippen molar-refractivity contribution in [1.82, 2.24) is 14.8 Å². The highest BCUT2D eigenvalue weighted by molar-refractivity contribution is 6.02. The molecular weight excluding hydrogens is 266 g/mol. The number of ether oxygens (including phenoxy) is 1. The van der Waals surface area contributed by atoms with Gasteiger partial charge >= 0.3 is 5.97 Å². The Morgan fingerprint density at radius 2 is 2.29 bits per heavy atom. The molecule has 108 valence electrons. The number of aromatic nitrogens is 3. The summed E-state index contributed by atoms with van der Waals surface area (Å²) in [5.74, 6) is -0.283. The van der Waals surface area contributed by atoms with Gasteiger partial charge in [0.05, 0.1) is 23.9 Å². The molecule has 5 nitrogen and oxygen atoms in total. The maximum atomic E-state index is 12.1. The van der Waals surface area contributed by atoms with E-state index in [0.29, 0.717) is 12.2 Å². The van der Waals surface area contributed by atoms with Crippen LogP contribution >= 0.6 is 0 Å². The lowest BCUT2D eigenvalue weighted by atomic mass is 10.1. The van der Waals surface area contributed by atoms with Crippen LogP contribution in [0.1, 0.15) is 22.3 Å². The molecule has 0 aliphatic rings. The average Bonchev–Trinajstić information content (AvgIpc) is 3.11. The Bertz CT molecular complexity index is 758. The van der Waals surface area contributed by atoms with Gasteiger partial charge in [0.2, 0.25) is 0 Å². The average molecular weight is 283 g/mol. The van der Waals surface area contributed by atoms with Gasteiger partial charge < -0.3 is 9.72 Å². The molecule has 0 aliphatic heterocycles. The number of para-hydroxylation sites is 1. The lowest BCUT2D eigenvalue weighted by molar-refractivity contribution is 0.0503. The summed E-state index contributed by atoms with van der Waals surface area (Å²) in [5.41, 5.74) is 2.56. The summed E-state index contributed by atoms with van der Waals surface area (Å²) in [7, 11) is 1.89.